The lowest BCUT2D eigenvalue weighted by atomic mass is 9.90. The van der Waals surface area contributed by atoms with Crippen molar-refractivity contribution in [1.82, 2.24) is 4.90 Å². The van der Waals surface area contributed by atoms with Gasteiger partial charge in [-0.15, -0.1) is 0 Å². The molecule has 2 fully saturated rings. The topological polar surface area (TPSA) is 49.9 Å². The maximum Gasteiger partial charge on any atom is 0.262 e. The molecule has 0 aromatic heterocycles. The minimum absolute atomic E-state index is 0.204. The number of halogens is 1. The van der Waals surface area contributed by atoms with Gasteiger partial charge in [0, 0.05) is 0 Å². The molecule has 6 heteroatoms. The predicted octanol–water partition coefficient (Wildman–Crippen LogP) is 4.18. The maximum atomic E-state index is 13.6. The highest BCUT2D eigenvalue weighted by atomic mass is 19.1. The van der Waals surface area contributed by atoms with Crippen LogP contribution in [0.25, 0.3) is 0 Å². The van der Waals surface area contributed by atoms with Crippen molar-refractivity contribution in [3.05, 3.63) is 101 Å². The Kier molecular flexibility index (Phi) is 4.79. The number of hydrogen-bond acceptors (Lipinski definition) is 4. The molecule has 0 radical (unpaired) electrons. The van der Waals surface area contributed by atoms with Gasteiger partial charge in [-0.1, -0.05) is 60.7 Å². The number of carbonyl (C=O) groups excluding carboxylic acids is 2. The highest BCUT2D eigenvalue weighted by Crippen LogP contribution is 2.47. The number of nitrogens with zero attached hydrogens (tertiary/aromatic N) is 2. The second kappa shape index (κ2) is 7.63. The van der Waals surface area contributed by atoms with Crippen molar-refractivity contribution in [2.75, 3.05) is 5.06 Å². The Bertz CT molecular complexity index is 1130. The summed E-state index contributed by atoms with van der Waals surface area (Å²) in [6.07, 6.45) is -0.911. The largest absolute Gasteiger partial charge is 0.275 e. The minimum Gasteiger partial charge on any atom is -0.275 e. The van der Waals surface area contributed by atoms with E-state index in [1.165, 1.54) is 17.0 Å². The van der Waals surface area contributed by atoms with E-state index in [-0.39, 0.29) is 24.2 Å². The molecule has 0 spiro atoms. The molecule has 2 aliphatic rings. The molecule has 5 rings (SSSR count). The van der Waals surface area contributed by atoms with Crippen LogP contribution in [0.2, 0.25) is 0 Å². The normalized spacial score (nSPS) is 22.8. The molecule has 0 saturated carbocycles. The molecule has 2 aliphatic heterocycles. The standard InChI is InChI=1S/C25H21FN2O3/c1-16-7-5-6-10-20(16)28-22(18-11-13-19(26)14-12-18)21-23(31-28)25(30)27(24(21)29)15-17-8-3-2-4-9-17/h2-14,21-23H,15H2,1H3/t21-,22-,23-/m0/s1. The minimum atomic E-state index is -0.911. The number of amides is 2. The van der Waals surface area contributed by atoms with Gasteiger partial charge in [-0.3, -0.25) is 19.3 Å². The van der Waals surface area contributed by atoms with Crippen LogP contribution in [0.15, 0.2) is 78.9 Å². The molecule has 3 aromatic carbocycles. The van der Waals surface area contributed by atoms with Crippen molar-refractivity contribution in [3.63, 3.8) is 0 Å². The molecule has 0 aliphatic carbocycles. The van der Waals surface area contributed by atoms with Crippen LogP contribution in [0.3, 0.4) is 0 Å². The van der Waals surface area contributed by atoms with Crippen molar-refractivity contribution < 1.29 is 18.8 Å². The first-order chi connectivity index (χ1) is 15.0. The summed E-state index contributed by atoms with van der Waals surface area (Å²) in [5.41, 5.74) is 3.33. The number of carbonyl (C=O) groups is 2. The fourth-order valence-electron chi connectivity index (χ4n) is 4.41. The van der Waals surface area contributed by atoms with E-state index in [0.29, 0.717) is 0 Å². The third kappa shape index (κ3) is 3.29. The summed E-state index contributed by atoms with van der Waals surface area (Å²) in [7, 11) is 0. The number of likely N-dealkylation sites (tertiary alicyclic amines) is 1. The lowest BCUT2D eigenvalue weighted by Crippen LogP contribution is -2.37. The van der Waals surface area contributed by atoms with Crippen molar-refractivity contribution in [1.29, 1.82) is 0 Å². The van der Waals surface area contributed by atoms with Gasteiger partial charge in [0.1, 0.15) is 11.7 Å². The van der Waals surface area contributed by atoms with E-state index in [4.69, 9.17) is 4.84 Å². The van der Waals surface area contributed by atoms with Crippen LogP contribution < -0.4 is 5.06 Å². The molecule has 3 aromatic rings. The van der Waals surface area contributed by atoms with E-state index in [1.54, 1.807) is 17.2 Å². The lowest BCUT2D eigenvalue weighted by molar-refractivity contribution is -0.143. The summed E-state index contributed by atoms with van der Waals surface area (Å²) >= 11 is 0. The van der Waals surface area contributed by atoms with Crippen LogP contribution in [-0.2, 0) is 21.0 Å². The quantitative estimate of drug-likeness (QED) is 0.599. The summed E-state index contributed by atoms with van der Waals surface area (Å²) in [5, 5.41) is 1.65. The molecule has 2 saturated heterocycles. The highest BCUT2D eigenvalue weighted by Gasteiger charge is 2.59. The van der Waals surface area contributed by atoms with Gasteiger partial charge in [0.15, 0.2) is 6.10 Å². The Hall–Kier alpha value is -3.51. The maximum absolute atomic E-state index is 13.6. The van der Waals surface area contributed by atoms with Gasteiger partial charge < -0.3 is 0 Å². The third-order valence-electron chi connectivity index (χ3n) is 5.95. The molecule has 0 unspecified atom stereocenters. The number of aryl methyl sites for hydroxylation is 1. The second-order valence-electron chi connectivity index (χ2n) is 7.91. The summed E-state index contributed by atoms with van der Waals surface area (Å²) in [5.74, 6) is -1.69. The molecule has 0 N–H and O–H groups in total. The fraction of sp³-hybridized carbons (Fsp3) is 0.200. The zero-order chi connectivity index (χ0) is 21.5. The van der Waals surface area contributed by atoms with Crippen LogP contribution in [0, 0.1) is 18.7 Å². The van der Waals surface area contributed by atoms with Gasteiger partial charge in [-0.25, -0.2) is 9.45 Å². The van der Waals surface area contributed by atoms with E-state index in [2.05, 4.69) is 0 Å². The Morgan fingerprint density at radius 2 is 1.55 bits per heavy atom. The molecule has 3 atom stereocenters. The number of rotatable bonds is 4. The second-order valence-corrected chi connectivity index (χ2v) is 7.91. The molecular weight excluding hydrogens is 395 g/mol. The van der Waals surface area contributed by atoms with Crippen LogP contribution in [0.1, 0.15) is 22.7 Å². The van der Waals surface area contributed by atoms with Crippen LogP contribution in [-0.4, -0.2) is 22.8 Å². The van der Waals surface area contributed by atoms with Crippen LogP contribution >= 0.6 is 0 Å². The van der Waals surface area contributed by atoms with Gasteiger partial charge >= 0.3 is 0 Å². The molecule has 2 heterocycles. The van der Waals surface area contributed by atoms with E-state index >= 15 is 0 Å². The molecule has 2 amide bonds. The molecule has 156 valence electrons. The summed E-state index contributed by atoms with van der Waals surface area (Å²) in [4.78, 5) is 34.0. The zero-order valence-electron chi connectivity index (χ0n) is 16.9. The summed E-state index contributed by atoms with van der Waals surface area (Å²) in [6, 6.07) is 22.5. The number of benzene rings is 3. The van der Waals surface area contributed by atoms with Gasteiger partial charge in [0.25, 0.3) is 5.91 Å². The average molecular weight is 416 g/mol. The van der Waals surface area contributed by atoms with E-state index < -0.39 is 18.1 Å². The fourth-order valence-corrected chi connectivity index (χ4v) is 4.41. The first-order valence-corrected chi connectivity index (χ1v) is 10.2. The first kappa shape index (κ1) is 19.5. The van der Waals surface area contributed by atoms with E-state index in [9.17, 15) is 14.0 Å². The number of anilines is 1. The molecule has 0 bridgehead atoms. The van der Waals surface area contributed by atoms with Crippen molar-refractivity contribution >= 4 is 17.5 Å². The molecular formula is C25H21FN2O3. The predicted molar refractivity (Wildman–Crippen MR) is 113 cm³/mol. The first-order valence-electron chi connectivity index (χ1n) is 10.2. The van der Waals surface area contributed by atoms with E-state index in [0.717, 1.165) is 22.4 Å². The van der Waals surface area contributed by atoms with Crippen molar-refractivity contribution in [3.8, 4) is 0 Å². The molecule has 31 heavy (non-hydrogen) atoms. The highest BCUT2D eigenvalue weighted by molar-refractivity contribution is 6.07. The van der Waals surface area contributed by atoms with Gasteiger partial charge in [0.2, 0.25) is 5.91 Å². The Morgan fingerprint density at radius 1 is 0.871 bits per heavy atom. The SMILES string of the molecule is Cc1ccccc1N1O[C@@H]2C(=O)N(Cc3ccccc3)C(=O)[C@H]2[C@@H]1c1ccc(F)cc1. The summed E-state index contributed by atoms with van der Waals surface area (Å²) in [6.45, 7) is 2.15. The van der Waals surface area contributed by atoms with Crippen molar-refractivity contribution in [2.24, 2.45) is 5.92 Å². The smallest absolute Gasteiger partial charge is 0.262 e. The Balaban J connectivity index is 1.54. The lowest BCUT2D eigenvalue weighted by Gasteiger charge is -2.29. The molecule has 5 nitrogen and oxygen atoms in total. The number of hydrogen-bond donors (Lipinski definition) is 0. The number of hydroxylamine groups is 1. The Labute approximate surface area is 179 Å². The number of para-hydroxylation sites is 1. The monoisotopic (exact) mass is 416 g/mol. The zero-order valence-corrected chi connectivity index (χ0v) is 16.9. The van der Waals surface area contributed by atoms with Crippen LogP contribution in [0.5, 0.6) is 0 Å². The van der Waals surface area contributed by atoms with Gasteiger partial charge in [-0.2, -0.15) is 0 Å². The van der Waals surface area contributed by atoms with Crippen LogP contribution in [0.4, 0.5) is 10.1 Å². The van der Waals surface area contributed by atoms with Gasteiger partial charge in [-0.05, 0) is 41.8 Å². The van der Waals surface area contributed by atoms with Crippen molar-refractivity contribution in [2.45, 2.75) is 25.6 Å². The average Bonchev–Trinajstić information content (AvgIpc) is 3.27. The number of fused-ring (bicyclic) bond motifs is 1. The summed E-state index contributed by atoms with van der Waals surface area (Å²) < 4.78 is 13.6. The van der Waals surface area contributed by atoms with Gasteiger partial charge in [0.05, 0.1) is 18.3 Å². The third-order valence-corrected chi connectivity index (χ3v) is 5.95. The Morgan fingerprint density at radius 3 is 2.26 bits per heavy atom. The number of imide groups is 1. The van der Waals surface area contributed by atoms with E-state index in [1.807, 2.05) is 61.5 Å².